The lowest BCUT2D eigenvalue weighted by molar-refractivity contribution is -0.140. The highest BCUT2D eigenvalue weighted by Crippen LogP contribution is 2.37. The molecular formula is C54H58Cl2N6O10. The van der Waals surface area contributed by atoms with Crippen LogP contribution in [0.3, 0.4) is 0 Å². The quantitative estimate of drug-likeness (QED) is 0.0267. The molecule has 0 aliphatic rings. The van der Waals surface area contributed by atoms with Crippen molar-refractivity contribution < 1.29 is 49.0 Å². The summed E-state index contributed by atoms with van der Waals surface area (Å²) < 4.78 is 25.4. The predicted octanol–water partition coefficient (Wildman–Crippen LogP) is 8.33. The lowest BCUT2D eigenvalue weighted by Crippen LogP contribution is -2.37. The van der Waals surface area contributed by atoms with Crippen LogP contribution in [-0.2, 0) is 49.1 Å². The summed E-state index contributed by atoms with van der Waals surface area (Å²) in [5, 5.41) is 44.8. The Hall–Kier alpha value is -6.92. The molecule has 6 N–H and O–H groups in total. The number of aliphatic imine (C=N–C) groups is 2. The van der Waals surface area contributed by atoms with E-state index >= 15 is 0 Å². The average Bonchev–Trinajstić information content (AvgIpc) is 3.36. The van der Waals surface area contributed by atoms with Crippen molar-refractivity contribution in [1.82, 2.24) is 20.6 Å². The molecule has 16 nitrogen and oxygen atoms in total. The monoisotopic (exact) mass is 1020 g/mol. The Morgan fingerprint density at radius 2 is 0.986 bits per heavy atom. The van der Waals surface area contributed by atoms with Gasteiger partial charge in [0.25, 0.3) is 0 Å². The van der Waals surface area contributed by atoms with Crippen LogP contribution >= 0.6 is 23.2 Å². The maximum absolute atomic E-state index is 11.9. The number of carbonyl (C=O) groups is 2. The first-order chi connectivity index (χ1) is 34.8. The molecule has 378 valence electrons. The molecule has 4 aromatic carbocycles. The highest BCUT2D eigenvalue weighted by molar-refractivity contribution is 6.32. The normalized spacial score (nSPS) is 12.3. The van der Waals surface area contributed by atoms with Crippen molar-refractivity contribution in [3.8, 4) is 34.1 Å². The van der Waals surface area contributed by atoms with E-state index in [9.17, 15) is 30.0 Å². The van der Waals surface area contributed by atoms with Crippen molar-refractivity contribution in [3.05, 3.63) is 163 Å². The van der Waals surface area contributed by atoms with Crippen molar-refractivity contribution in [2.75, 3.05) is 27.3 Å². The lowest BCUT2D eigenvalue weighted by atomic mass is 9.92. The Kier molecular flexibility index (Phi) is 20.4. The minimum absolute atomic E-state index is 0.0200. The summed E-state index contributed by atoms with van der Waals surface area (Å²) in [5.41, 5.74) is 10.2. The number of halogens is 2. The fourth-order valence-electron chi connectivity index (χ4n) is 7.78. The van der Waals surface area contributed by atoms with Crippen LogP contribution in [0.15, 0.2) is 108 Å². The second-order valence-electron chi connectivity index (χ2n) is 16.7. The molecule has 2 aromatic heterocycles. The number of carboxylic acid groups (broad SMARTS) is 2. The van der Waals surface area contributed by atoms with Crippen LogP contribution in [0.5, 0.6) is 23.0 Å². The summed E-state index contributed by atoms with van der Waals surface area (Å²) in [6.45, 7) is 4.28. The Bertz CT molecular complexity index is 2690. The van der Waals surface area contributed by atoms with E-state index in [2.05, 4.69) is 30.6 Å². The van der Waals surface area contributed by atoms with Gasteiger partial charge < -0.3 is 50.0 Å². The lowest BCUT2D eigenvalue weighted by Gasteiger charge is -2.20. The standard InChI is InChI=1S/C54H58Cl2N6O10/c1-33-39(31-71-51-19-49(69-29-37-15-35(21-57-3)23-59-25-37)41(17-45(51)55)27-61-47(11-13-63)53(65)66)7-5-9-43(33)44-10-6-8-40(34(44)2)32-72-52-20-50(70-30-38-16-36(22-58-4)24-60-26-38)42(18-46(52)56)28-62-48(12-14-64)54(67)68/h5-10,15-26,47-48,61-64H,11-14,27-32H2,1-4H3,(H,65,66)(H,67,68). The molecule has 0 aliphatic heterocycles. The van der Waals surface area contributed by atoms with Crippen LogP contribution in [0.1, 0.15) is 68.5 Å². The Labute approximate surface area is 428 Å². The van der Waals surface area contributed by atoms with Crippen molar-refractivity contribution in [2.24, 2.45) is 9.98 Å². The SMILES string of the molecule is CN=Cc1cncc(COc2cc(OCc3cccc(-c4cccc(COc5cc(OCc6cncc(C=NC)c6)c(CNC(CCO)C(=O)O)cc5Cl)c4C)c3C)c(Cl)cc2CNC(CCO)C(=O)O)c1. The molecule has 2 heterocycles. The zero-order chi connectivity index (χ0) is 51.6. The number of rotatable bonds is 27. The Balaban J connectivity index is 1.21. The van der Waals surface area contributed by atoms with Crippen LogP contribution in [0.4, 0.5) is 0 Å². The molecule has 0 saturated carbocycles. The van der Waals surface area contributed by atoms with Gasteiger partial charge in [-0.1, -0.05) is 59.6 Å². The van der Waals surface area contributed by atoms with Gasteiger partial charge in [0.05, 0.1) is 10.0 Å². The van der Waals surface area contributed by atoms with Crippen molar-refractivity contribution >= 4 is 47.6 Å². The summed E-state index contributed by atoms with van der Waals surface area (Å²) >= 11 is 13.7. The Morgan fingerprint density at radius 3 is 1.36 bits per heavy atom. The van der Waals surface area contributed by atoms with Gasteiger partial charge in [0.15, 0.2) is 0 Å². The summed E-state index contributed by atoms with van der Waals surface area (Å²) in [5.74, 6) is -0.606. The smallest absolute Gasteiger partial charge is 0.320 e. The fourth-order valence-corrected chi connectivity index (χ4v) is 8.26. The molecule has 0 spiro atoms. The number of ether oxygens (including phenoxy) is 4. The number of nitrogens with zero attached hydrogens (tertiary/aromatic N) is 4. The molecule has 0 fully saturated rings. The number of benzene rings is 4. The van der Waals surface area contributed by atoms with E-state index in [1.807, 2.05) is 62.4 Å². The van der Waals surface area contributed by atoms with E-state index in [1.54, 1.807) is 75.6 Å². The second kappa shape index (κ2) is 27.1. The van der Waals surface area contributed by atoms with Crippen LogP contribution < -0.4 is 29.6 Å². The number of nitrogens with one attached hydrogen (secondary N) is 2. The zero-order valence-corrected chi connectivity index (χ0v) is 41.9. The molecule has 6 aromatic rings. The molecule has 2 unspecified atom stereocenters. The number of carboxylic acids is 2. The molecule has 2 atom stereocenters. The minimum atomic E-state index is -1.09. The van der Waals surface area contributed by atoms with Crippen LogP contribution in [0.2, 0.25) is 10.0 Å². The van der Waals surface area contributed by atoms with Gasteiger partial charge in [-0.05, 0) is 84.3 Å². The highest BCUT2D eigenvalue weighted by atomic mass is 35.5. The van der Waals surface area contributed by atoms with E-state index in [-0.39, 0.29) is 65.6 Å². The second-order valence-corrected chi connectivity index (χ2v) is 17.5. The van der Waals surface area contributed by atoms with Gasteiger partial charge in [0, 0.05) is 123 Å². The van der Waals surface area contributed by atoms with Gasteiger partial charge in [0.1, 0.15) is 61.5 Å². The van der Waals surface area contributed by atoms with E-state index in [0.717, 1.165) is 55.6 Å². The predicted molar refractivity (Wildman–Crippen MR) is 277 cm³/mol. The number of aliphatic carboxylic acids is 2. The first-order valence-electron chi connectivity index (χ1n) is 23.0. The van der Waals surface area contributed by atoms with Gasteiger partial charge >= 0.3 is 11.9 Å². The van der Waals surface area contributed by atoms with Crippen molar-refractivity contribution in [3.63, 3.8) is 0 Å². The number of hydrogen-bond donors (Lipinski definition) is 6. The fraction of sp³-hybridized carbons (Fsp3) is 0.296. The summed E-state index contributed by atoms with van der Waals surface area (Å²) in [6.07, 6.45) is 10.2. The molecular weight excluding hydrogens is 964 g/mol. The third-order valence-corrected chi connectivity index (χ3v) is 12.3. The molecule has 6 rings (SSSR count). The molecule has 18 heteroatoms. The largest absolute Gasteiger partial charge is 0.488 e. The summed E-state index contributed by atoms with van der Waals surface area (Å²) in [6, 6.07) is 20.6. The first kappa shape index (κ1) is 54.4. The van der Waals surface area contributed by atoms with Gasteiger partial charge in [-0.15, -0.1) is 0 Å². The van der Waals surface area contributed by atoms with E-state index in [0.29, 0.717) is 44.2 Å². The first-order valence-corrected chi connectivity index (χ1v) is 23.8. The van der Waals surface area contributed by atoms with E-state index in [1.165, 1.54) is 0 Å². The topological polar surface area (TPSA) is 227 Å². The Morgan fingerprint density at radius 1 is 0.583 bits per heavy atom. The van der Waals surface area contributed by atoms with E-state index < -0.39 is 24.0 Å². The highest BCUT2D eigenvalue weighted by Gasteiger charge is 2.21. The molecule has 0 aliphatic carbocycles. The van der Waals surface area contributed by atoms with Crippen molar-refractivity contribution in [1.29, 1.82) is 0 Å². The number of hydrogen-bond acceptors (Lipinski definition) is 14. The third-order valence-electron chi connectivity index (χ3n) is 11.7. The van der Waals surface area contributed by atoms with Crippen LogP contribution in [0.25, 0.3) is 11.1 Å². The summed E-state index contributed by atoms with van der Waals surface area (Å²) in [7, 11) is 3.35. The maximum atomic E-state index is 11.9. The number of aromatic nitrogens is 2. The van der Waals surface area contributed by atoms with Crippen molar-refractivity contribution in [2.45, 2.75) is 78.3 Å². The number of aliphatic hydroxyl groups is 2. The minimum Gasteiger partial charge on any atom is -0.488 e. The zero-order valence-electron chi connectivity index (χ0n) is 40.4. The summed E-state index contributed by atoms with van der Waals surface area (Å²) in [4.78, 5) is 40.4. The number of aliphatic hydroxyl groups excluding tert-OH is 2. The van der Waals surface area contributed by atoms with Crippen LogP contribution in [0, 0.1) is 13.8 Å². The van der Waals surface area contributed by atoms with Gasteiger partial charge in [0.2, 0.25) is 0 Å². The molecule has 72 heavy (non-hydrogen) atoms. The molecule has 0 saturated heterocycles. The molecule has 0 bridgehead atoms. The maximum Gasteiger partial charge on any atom is 0.320 e. The third kappa shape index (κ3) is 15.1. The van der Waals surface area contributed by atoms with Gasteiger partial charge in [-0.3, -0.25) is 29.5 Å². The van der Waals surface area contributed by atoms with Gasteiger partial charge in [-0.2, -0.15) is 0 Å². The molecule has 0 amide bonds. The number of pyridine rings is 2. The van der Waals surface area contributed by atoms with Gasteiger partial charge in [-0.25, -0.2) is 0 Å². The average molecular weight is 1020 g/mol. The van der Waals surface area contributed by atoms with Crippen LogP contribution in [-0.4, -0.2) is 94.2 Å². The van der Waals surface area contributed by atoms with E-state index in [4.69, 9.17) is 42.1 Å². The molecule has 0 radical (unpaired) electrons.